The highest BCUT2D eigenvalue weighted by molar-refractivity contribution is 5.83. The van der Waals surface area contributed by atoms with Crippen LogP contribution in [0.3, 0.4) is 0 Å². The van der Waals surface area contributed by atoms with Gasteiger partial charge < -0.3 is 20.1 Å². The van der Waals surface area contributed by atoms with Gasteiger partial charge in [0.2, 0.25) is 0 Å². The maximum Gasteiger partial charge on any atom is 0.326 e. The molecule has 0 aliphatic heterocycles. The van der Waals surface area contributed by atoms with Gasteiger partial charge in [0.25, 0.3) is 0 Å². The predicted molar refractivity (Wildman–Crippen MR) is 75.8 cm³/mol. The van der Waals surface area contributed by atoms with Crippen molar-refractivity contribution in [1.29, 1.82) is 0 Å². The quantitative estimate of drug-likeness (QED) is 0.722. The molecule has 0 aromatic rings. The normalized spacial score (nSPS) is 16.0. The Balaban J connectivity index is 2.44. The smallest absolute Gasteiger partial charge is 0.326 e. The lowest BCUT2D eigenvalue weighted by Crippen LogP contribution is -2.47. The molecule has 0 heterocycles. The average molecular weight is 300 g/mol. The number of esters is 1. The number of rotatable bonds is 6. The van der Waals surface area contributed by atoms with Crippen LogP contribution < -0.4 is 5.32 Å². The number of nitrogens with zero attached hydrogens (tertiary/aromatic N) is 1. The van der Waals surface area contributed by atoms with Crippen LogP contribution in [0.1, 0.15) is 46.5 Å². The number of ether oxygens (including phenoxy) is 1. The highest BCUT2D eigenvalue weighted by Crippen LogP contribution is 2.25. The first kappa shape index (κ1) is 17.3. The van der Waals surface area contributed by atoms with E-state index in [0.717, 1.165) is 12.8 Å². The molecule has 1 fully saturated rings. The molecule has 0 aromatic carbocycles. The second-order valence-corrected chi connectivity index (χ2v) is 6.31. The van der Waals surface area contributed by atoms with Crippen molar-refractivity contribution in [1.82, 2.24) is 10.2 Å². The molecule has 21 heavy (non-hydrogen) atoms. The van der Waals surface area contributed by atoms with Crippen molar-refractivity contribution in [2.24, 2.45) is 0 Å². The SMILES string of the molecule is CN(C(=O)N[C@H](CCC(=O)OC(C)(C)C)C(=O)O)C1CC1. The van der Waals surface area contributed by atoms with Crippen molar-refractivity contribution in [2.75, 3.05) is 7.05 Å². The number of carboxylic acid groups (broad SMARTS) is 1. The second-order valence-electron chi connectivity index (χ2n) is 6.31. The summed E-state index contributed by atoms with van der Waals surface area (Å²) in [5.74, 6) is -1.63. The minimum absolute atomic E-state index is 0.00843. The number of amides is 2. The zero-order valence-electron chi connectivity index (χ0n) is 13.0. The number of carbonyl (C=O) groups excluding carboxylic acids is 2. The van der Waals surface area contributed by atoms with Crippen LogP contribution in [0.2, 0.25) is 0 Å². The van der Waals surface area contributed by atoms with Gasteiger partial charge in [-0.3, -0.25) is 4.79 Å². The van der Waals surface area contributed by atoms with E-state index in [4.69, 9.17) is 9.84 Å². The standard InChI is InChI=1S/C14H24N2O5/c1-14(2,3)21-11(17)8-7-10(12(18)19)15-13(20)16(4)9-5-6-9/h9-10H,5-8H2,1-4H3,(H,15,20)(H,18,19)/t10-/m1/s1. The van der Waals surface area contributed by atoms with Gasteiger partial charge in [0.05, 0.1) is 0 Å². The Hall–Kier alpha value is -1.79. The first-order valence-corrected chi connectivity index (χ1v) is 7.08. The lowest BCUT2D eigenvalue weighted by Gasteiger charge is -2.22. The fraction of sp³-hybridized carbons (Fsp3) is 0.786. The summed E-state index contributed by atoms with van der Waals surface area (Å²) in [5.41, 5.74) is -0.606. The Morgan fingerprint density at radius 3 is 2.33 bits per heavy atom. The van der Waals surface area contributed by atoms with E-state index in [-0.39, 0.29) is 18.9 Å². The van der Waals surface area contributed by atoms with Crippen LogP contribution in [0.15, 0.2) is 0 Å². The van der Waals surface area contributed by atoms with Crippen LogP contribution in [0.25, 0.3) is 0 Å². The van der Waals surface area contributed by atoms with Crippen LogP contribution >= 0.6 is 0 Å². The number of carboxylic acids is 1. The van der Waals surface area contributed by atoms with Crippen LogP contribution in [0.5, 0.6) is 0 Å². The van der Waals surface area contributed by atoms with Crippen molar-refractivity contribution in [3.63, 3.8) is 0 Å². The van der Waals surface area contributed by atoms with Crippen molar-refractivity contribution < 1.29 is 24.2 Å². The summed E-state index contributed by atoms with van der Waals surface area (Å²) in [6, 6.07) is -1.31. The Bertz CT molecular complexity index is 412. The molecule has 2 N–H and O–H groups in total. The molecular weight excluding hydrogens is 276 g/mol. The maximum absolute atomic E-state index is 11.8. The molecule has 0 unspecified atom stereocenters. The highest BCUT2D eigenvalue weighted by atomic mass is 16.6. The number of nitrogens with one attached hydrogen (secondary N) is 1. The minimum atomic E-state index is -1.16. The molecule has 2 amide bonds. The van der Waals surface area contributed by atoms with E-state index in [9.17, 15) is 14.4 Å². The molecule has 0 radical (unpaired) electrons. The largest absolute Gasteiger partial charge is 0.480 e. The molecular formula is C14H24N2O5. The fourth-order valence-corrected chi connectivity index (χ4v) is 1.79. The third-order valence-electron chi connectivity index (χ3n) is 3.07. The first-order valence-electron chi connectivity index (χ1n) is 7.08. The number of urea groups is 1. The van der Waals surface area contributed by atoms with Gasteiger partial charge in [-0.2, -0.15) is 0 Å². The summed E-state index contributed by atoms with van der Waals surface area (Å²) in [7, 11) is 1.64. The van der Waals surface area contributed by atoms with Gasteiger partial charge in [-0.15, -0.1) is 0 Å². The summed E-state index contributed by atoms with van der Waals surface area (Å²) >= 11 is 0. The van der Waals surface area contributed by atoms with Crippen LogP contribution in [-0.2, 0) is 14.3 Å². The number of hydrogen-bond donors (Lipinski definition) is 2. The van der Waals surface area contributed by atoms with Crippen LogP contribution in [0, 0.1) is 0 Å². The van der Waals surface area contributed by atoms with Gasteiger partial charge >= 0.3 is 18.0 Å². The Morgan fingerprint density at radius 1 is 1.33 bits per heavy atom. The molecule has 0 saturated heterocycles. The van der Waals surface area contributed by atoms with Crippen LogP contribution in [0.4, 0.5) is 4.79 Å². The summed E-state index contributed by atoms with van der Waals surface area (Å²) in [5, 5.41) is 11.6. The van der Waals surface area contributed by atoms with E-state index >= 15 is 0 Å². The van der Waals surface area contributed by atoms with E-state index in [1.165, 1.54) is 4.90 Å². The second kappa shape index (κ2) is 6.78. The molecule has 0 bridgehead atoms. The third-order valence-corrected chi connectivity index (χ3v) is 3.07. The Morgan fingerprint density at radius 2 is 1.90 bits per heavy atom. The summed E-state index contributed by atoms with van der Waals surface area (Å²) in [6.07, 6.45) is 1.84. The van der Waals surface area contributed by atoms with Crippen molar-refractivity contribution in [3.05, 3.63) is 0 Å². The Kier molecular flexibility index (Phi) is 5.57. The molecule has 0 spiro atoms. The number of hydrogen-bond acceptors (Lipinski definition) is 4. The topological polar surface area (TPSA) is 95.9 Å². The molecule has 7 heteroatoms. The molecule has 1 atom stereocenters. The van der Waals surface area contributed by atoms with Crippen LogP contribution in [-0.4, -0.2) is 52.7 Å². The zero-order chi connectivity index (χ0) is 16.2. The molecule has 1 aliphatic carbocycles. The van der Waals surface area contributed by atoms with Gasteiger partial charge in [-0.05, 0) is 40.0 Å². The number of aliphatic carboxylic acids is 1. The van der Waals surface area contributed by atoms with Crippen molar-refractivity contribution in [2.45, 2.75) is 64.1 Å². The molecule has 120 valence electrons. The van der Waals surface area contributed by atoms with E-state index in [1.807, 2.05) is 0 Å². The van der Waals surface area contributed by atoms with Gasteiger partial charge in [0, 0.05) is 19.5 Å². The first-order chi connectivity index (χ1) is 9.60. The lowest BCUT2D eigenvalue weighted by atomic mass is 10.1. The van der Waals surface area contributed by atoms with Gasteiger partial charge in [-0.25, -0.2) is 9.59 Å². The lowest BCUT2D eigenvalue weighted by molar-refractivity contribution is -0.155. The fourth-order valence-electron chi connectivity index (χ4n) is 1.79. The highest BCUT2D eigenvalue weighted by Gasteiger charge is 2.32. The van der Waals surface area contributed by atoms with Gasteiger partial charge in [0.15, 0.2) is 0 Å². The van der Waals surface area contributed by atoms with E-state index in [1.54, 1.807) is 27.8 Å². The van der Waals surface area contributed by atoms with Crippen molar-refractivity contribution in [3.8, 4) is 0 Å². The van der Waals surface area contributed by atoms with E-state index < -0.39 is 29.6 Å². The van der Waals surface area contributed by atoms with E-state index in [2.05, 4.69) is 5.32 Å². The summed E-state index contributed by atoms with van der Waals surface area (Å²) < 4.78 is 5.11. The monoisotopic (exact) mass is 300 g/mol. The molecule has 7 nitrogen and oxygen atoms in total. The third kappa shape index (κ3) is 6.46. The van der Waals surface area contributed by atoms with Crippen molar-refractivity contribution >= 4 is 18.0 Å². The molecule has 1 saturated carbocycles. The Labute approximate surface area is 124 Å². The predicted octanol–water partition coefficient (Wildman–Crippen LogP) is 1.37. The van der Waals surface area contributed by atoms with Gasteiger partial charge in [-0.1, -0.05) is 0 Å². The minimum Gasteiger partial charge on any atom is -0.480 e. The average Bonchev–Trinajstić information content (AvgIpc) is 3.14. The summed E-state index contributed by atoms with van der Waals surface area (Å²) in [4.78, 5) is 36.1. The summed E-state index contributed by atoms with van der Waals surface area (Å²) in [6.45, 7) is 5.23. The zero-order valence-corrected chi connectivity index (χ0v) is 13.0. The molecule has 0 aromatic heterocycles. The number of carbonyl (C=O) groups is 3. The molecule has 1 aliphatic rings. The molecule has 1 rings (SSSR count). The van der Waals surface area contributed by atoms with E-state index in [0.29, 0.717) is 0 Å². The maximum atomic E-state index is 11.8. The van der Waals surface area contributed by atoms with Gasteiger partial charge in [0.1, 0.15) is 11.6 Å².